The monoisotopic (exact) mass is 482 g/mol. The summed E-state index contributed by atoms with van der Waals surface area (Å²) >= 11 is 0. The summed E-state index contributed by atoms with van der Waals surface area (Å²) in [6.45, 7) is 2.16. The second-order valence-electron chi connectivity index (χ2n) is 8.73. The van der Waals surface area contributed by atoms with E-state index in [0.29, 0.717) is 13.0 Å². The Morgan fingerprint density at radius 3 is 2.09 bits per heavy atom. The van der Waals surface area contributed by atoms with E-state index in [1.807, 2.05) is 67.6 Å². The number of carbonyl (C=O) groups excluding carboxylic acids is 4. The van der Waals surface area contributed by atoms with Gasteiger partial charge in [0.15, 0.2) is 5.60 Å². The van der Waals surface area contributed by atoms with Gasteiger partial charge in [0.25, 0.3) is 5.91 Å². The summed E-state index contributed by atoms with van der Waals surface area (Å²) in [5, 5.41) is 19.3. The van der Waals surface area contributed by atoms with E-state index in [2.05, 4.69) is 16.0 Å². The highest BCUT2D eigenvalue weighted by atomic mass is 16.3. The summed E-state index contributed by atoms with van der Waals surface area (Å²) in [6.07, 6.45) is 0.333. The van der Waals surface area contributed by atoms with Crippen molar-refractivity contribution in [1.29, 1.82) is 0 Å². The van der Waals surface area contributed by atoms with Crippen LogP contribution in [0.1, 0.15) is 37.3 Å². The zero-order chi connectivity index (χ0) is 25.7. The van der Waals surface area contributed by atoms with Crippen LogP contribution in [0.2, 0.25) is 0 Å². The lowest BCUT2D eigenvalue weighted by molar-refractivity contribution is -0.140. The van der Waals surface area contributed by atoms with Crippen LogP contribution in [-0.4, -0.2) is 47.4 Å². The number of nitrogens with one attached hydrogen (secondary N) is 3. The lowest BCUT2D eigenvalue weighted by atomic mass is 9.92. The molecule has 2 aromatic carbocycles. The van der Waals surface area contributed by atoms with Crippen molar-refractivity contribution in [2.24, 2.45) is 11.7 Å². The molecule has 0 aromatic heterocycles. The number of nitrogens with two attached hydrogens (primary N) is 1. The Morgan fingerprint density at radius 2 is 1.49 bits per heavy atom. The minimum Gasteiger partial charge on any atom is -0.378 e. The highest BCUT2D eigenvalue weighted by molar-refractivity contribution is 5.96. The van der Waals surface area contributed by atoms with Gasteiger partial charge < -0.3 is 26.8 Å². The molecule has 2 atom stereocenters. The number of aliphatic hydroxyl groups is 1. The van der Waals surface area contributed by atoms with Gasteiger partial charge in [-0.3, -0.25) is 19.2 Å². The molecule has 2 rings (SSSR count). The number of amides is 4. The van der Waals surface area contributed by atoms with Crippen molar-refractivity contribution in [3.05, 3.63) is 71.8 Å². The van der Waals surface area contributed by atoms with Crippen LogP contribution >= 0.6 is 0 Å². The molecule has 0 saturated heterocycles. The number of carbonyl (C=O) groups is 4. The summed E-state index contributed by atoms with van der Waals surface area (Å²) in [7, 11) is 0. The van der Waals surface area contributed by atoms with Gasteiger partial charge in [-0.25, -0.2) is 0 Å². The molecule has 0 saturated carbocycles. The molecule has 0 unspecified atom stereocenters. The molecule has 0 aliphatic heterocycles. The van der Waals surface area contributed by atoms with Crippen molar-refractivity contribution in [1.82, 2.24) is 16.0 Å². The standard InChI is InChI=1S/C26H34N4O5/c1-19(12-13-28-24(33)15-22(27)31)14-23(32)30-18-26(35,16-20-8-4-2-5-9-20)25(34)29-17-21-10-6-3-7-11-21/h2-11,19,35H,12-18H2,1H3,(H2,27,31)(H,28,33)(H,29,34)(H,30,32)/t19-,26+/m0/s1. The van der Waals surface area contributed by atoms with Crippen LogP contribution in [0.25, 0.3) is 0 Å². The Hall–Kier alpha value is -3.72. The number of primary amides is 1. The van der Waals surface area contributed by atoms with Crippen LogP contribution in [0.5, 0.6) is 0 Å². The van der Waals surface area contributed by atoms with Gasteiger partial charge >= 0.3 is 0 Å². The highest BCUT2D eigenvalue weighted by Crippen LogP contribution is 2.15. The molecule has 0 spiro atoms. The van der Waals surface area contributed by atoms with Gasteiger partial charge in [0.1, 0.15) is 6.42 Å². The Bertz CT molecular complexity index is 984. The predicted molar refractivity (Wildman–Crippen MR) is 132 cm³/mol. The second-order valence-corrected chi connectivity index (χ2v) is 8.73. The number of benzene rings is 2. The molecule has 9 heteroatoms. The van der Waals surface area contributed by atoms with Gasteiger partial charge in [0.05, 0.1) is 6.54 Å². The normalized spacial score (nSPS) is 13.2. The quantitative estimate of drug-likeness (QED) is 0.252. The molecule has 2 aromatic rings. The van der Waals surface area contributed by atoms with Crippen molar-refractivity contribution in [3.63, 3.8) is 0 Å². The minimum atomic E-state index is -1.84. The SMILES string of the molecule is C[C@@H](CCNC(=O)CC(N)=O)CC(=O)NC[C@](O)(Cc1ccccc1)C(=O)NCc1ccccc1. The highest BCUT2D eigenvalue weighted by Gasteiger charge is 2.36. The lowest BCUT2D eigenvalue weighted by Gasteiger charge is -2.28. The first-order valence-corrected chi connectivity index (χ1v) is 11.6. The Morgan fingerprint density at radius 1 is 0.886 bits per heavy atom. The lowest BCUT2D eigenvalue weighted by Crippen LogP contribution is -2.55. The van der Waals surface area contributed by atoms with Crippen molar-refractivity contribution in [2.45, 2.75) is 44.8 Å². The maximum atomic E-state index is 13.0. The minimum absolute atomic E-state index is 0.0379. The molecule has 6 N–H and O–H groups in total. The van der Waals surface area contributed by atoms with Crippen LogP contribution in [0.15, 0.2) is 60.7 Å². The first-order valence-electron chi connectivity index (χ1n) is 11.6. The largest absolute Gasteiger partial charge is 0.378 e. The molecular weight excluding hydrogens is 448 g/mol. The van der Waals surface area contributed by atoms with E-state index in [0.717, 1.165) is 11.1 Å². The third-order valence-electron chi connectivity index (χ3n) is 5.46. The molecule has 0 bridgehead atoms. The maximum absolute atomic E-state index is 13.0. The van der Waals surface area contributed by atoms with Crippen LogP contribution in [0.4, 0.5) is 0 Å². The molecule has 0 radical (unpaired) electrons. The van der Waals surface area contributed by atoms with E-state index >= 15 is 0 Å². The van der Waals surface area contributed by atoms with Gasteiger partial charge in [0.2, 0.25) is 17.7 Å². The van der Waals surface area contributed by atoms with E-state index in [-0.39, 0.29) is 44.2 Å². The van der Waals surface area contributed by atoms with Crippen molar-refractivity contribution < 1.29 is 24.3 Å². The van der Waals surface area contributed by atoms with Crippen molar-refractivity contribution >= 4 is 23.6 Å². The van der Waals surface area contributed by atoms with Gasteiger partial charge in [-0.15, -0.1) is 0 Å². The van der Waals surface area contributed by atoms with Gasteiger partial charge in [-0.2, -0.15) is 0 Å². The average molecular weight is 483 g/mol. The molecule has 0 fully saturated rings. The summed E-state index contributed by atoms with van der Waals surface area (Å²) in [5.74, 6) is -2.12. The molecular formula is C26H34N4O5. The first-order chi connectivity index (χ1) is 16.7. The van der Waals surface area contributed by atoms with Gasteiger partial charge in [-0.1, -0.05) is 67.6 Å². The van der Waals surface area contributed by atoms with Crippen LogP contribution < -0.4 is 21.7 Å². The summed E-state index contributed by atoms with van der Waals surface area (Å²) < 4.78 is 0. The fraction of sp³-hybridized carbons (Fsp3) is 0.385. The maximum Gasteiger partial charge on any atom is 0.254 e. The molecule has 35 heavy (non-hydrogen) atoms. The molecule has 188 valence electrons. The summed E-state index contributed by atoms with van der Waals surface area (Å²) in [5.41, 5.74) is 4.80. The van der Waals surface area contributed by atoms with E-state index in [9.17, 15) is 24.3 Å². The molecule has 0 aliphatic carbocycles. The molecule has 9 nitrogen and oxygen atoms in total. The van der Waals surface area contributed by atoms with Crippen LogP contribution in [0, 0.1) is 5.92 Å². The van der Waals surface area contributed by atoms with E-state index in [1.165, 1.54) is 0 Å². The summed E-state index contributed by atoms with van der Waals surface area (Å²) in [4.78, 5) is 47.7. The van der Waals surface area contributed by atoms with Gasteiger partial charge in [0, 0.05) is 25.9 Å². The fourth-order valence-electron chi connectivity index (χ4n) is 3.51. The first kappa shape index (κ1) is 27.5. The third kappa shape index (κ3) is 10.4. The molecule has 0 heterocycles. The van der Waals surface area contributed by atoms with E-state index < -0.39 is 23.3 Å². The predicted octanol–water partition coefficient (Wildman–Crippen LogP) is 0.801. The summed E-state index contributed by atoms with van der Waals surface area (Å²) in [6, 6.07) is 18.5. The number of rotatable bonds is 14. The molecule has 4 amide bonds. The van der Waals surface area contributed by atoms with Crippen molar-refractivity contribution in [3.8, 4) is 0 Å². The van der Waals surface area contributed by atoms with E-state index in [4.69, 9.17) is 5.73 Å². The Labute approximate surface area is 205 Å². The average Bonchev–Trinajstić information content (AvgIpc) is 2.82. The Balaban J connectivity index is 1.90. The third-order valence-corrected chi connectivity index (χ3v) is 5.46. The fourth-order valence-corrected chi connectivity index (χ4v) is 3.51. The molecule has 0 aliphatic rings. The van der Waals surface area contributed by atoms with Crippen LogP contribution in [0.3, 0.4) is 0 Å². The van der Waals surface area contributed by atoms with Crippen LogP contribution in [-0.2, 0) is 32.1 Å². The smallest absolute Gasteiger partial charge is 0.254 e. The zero-order valence-corrected chi connectivity index (χ0v) is 20.0. The number of hydrogen-bond acceptors (Lipinski definition) is 5. The second kappa shape index (κ2) is 13.9. The zero-order valence-electron chi connectivity index (χ0n) is 20.0. The van der Waals surface area contributed by atoms with Crippen molar-refractivity contribution in [2.75, 3.05) is 13.1 Å². The number of hydrogen-bond donors (Lipinski definition) is 5. The van der Waals surface area contributed by atoms with E-state index in [1.54, 1.807) is 0 Å². The van der Waals surface area contributed by atoms with Gasteiger partial charge in [-0.05, 0) is 23.5 Å². The topological polar surface area (TPSA) is 151 Å². The Kier molecular flexibility index (Phi) is 10.9.